The molecule has 5 aliphatic rings. The monoisotopic (exact) mass is 713 g/mol. The van der Waals surface area contributed by atoms with Crippen molar-refractivity contribution in [3.8, 4) is 11.5 Å². The smallest absolute Gasteiger partial charge is 0.308 e. The third-order valence-corrected chi connectivity index (χ3v) is 11.8. The van der Waals surface area contributed by atoms with Crippen LogP contribution in [-0.2, 0) is 19.2 Å². The van der Waals surface area contributed by atoms with Gasteiger partial charge in [0.1, 0.15) is 11.5 Å². The highest BCUT2D eigenvalue weighted by Gasteiger charge is 2.76. The molecule has 3 aliphatic carbocycles. The van der Waals surface area contributed by atoms with E-state index in [0.29, 0.717) is 67.3 Å². The van der Waals surface area contributed by atoms with Gasteiger partial charge in [-0.05, 0) is 66.3 Å². The molecule has 4 aromatic carbocycles. The summed E-state index contributed by atoms with van der Waals surface area (Å²) in [6.45, 7) is 6.08. The maximum absolute atomic E-state index is 14.5. The predicted octanol–water partition coefficient (Wildman–Crippen LogP) is 7.48. The standard InChI is InChI=1S/C39H37Cl2N3O6/c1-4-49-32-12-30-34(28-8-6-5-7-26(28)32)23(14-40)16-43(30)36(47)38-18-39(19-38,20-38)37(48)44-17-24(15-41)35-29-11-25(42-21(2)45)9-10-27(29)33(13-31(35)44)50-22(3)46/h5-13,23-24H,4,14-20H2,1-3H3,(H,42,45). The van der Waals surface area contributed by atoms with Crippen LogP contribution in [0, 0.1) is 10.8 Å². The van der Waals surface area contributed by atoms with Gasteiger partial charge in [0.25, 0.3) is 0 Å². The number of carbonyl (C=O) groups excluding carboxylic acids is 4. The molecule has 258 valence electrons. The Morgan fingerprint density at radius 1 is 0.760 bits per heavy atom. The second-order valence-electron chi connectivity index (χ2n) is 14.3. The zero-order valence-corrected chi connectivity index (χ0v) is 29.6. The zero-order valence-electron chi connectivity index (χ0n) is 28.1. The van der Waals surface area contributed by atoms with Gasteiger partial charge in [0.15, 0.2) is 0 Å². The van der Waals surface area contributed by atoms with Gasteiger partial charge >= 0.3 is 5.97 Å². The predicted molar refractivity (Wildman–Crippen MR) is 195 cm³/mol. The number of ether oxygens (including phenoxy) is 2. The number of alkyl halides is 2. The summed E-state index contributed by atoms with van der Waals surface area (Å²) in [6, 6.07) is 17.2. The average molecular weight is 715 g/mol. The number of hydrogen-bond acceptors (Lipinski definition) is 6. The lowest BCUT2D eigenvalue weighted by Gasteiger charge is -2.69. The lowest BCUT2D eigenvalue weighted by atomic mass is 9.34. The van der Waals surface area contributed by atoms with E-state index < -0.39 is 16.8 Å². The van der Waals surface area contributed by atoms with Crippen molar-refractivity contribution in [3.05, 3.63) is 65.7 Å². The zero-order chi connectivity index (χ0) is 35.1. The fourth-order valence-corrected chi connectivity index (χ4v) is 9.62. The number of halogens is 2. The van der Waals surface area contributed by atoms with E-state index in [1.165, 1.54) is 13.8 Å². The van der Waals surface area contributed by atoms with Gasteiger partial charge in [-0.3, -0.25) is 19.2 Å². The van der Waals surface area contributed by atoms with E-state index in [4.69, 9.17) is 32.7 Å². The Morgan fingerprint density at radius 3 is 1.84 bits per heavy atom. The number of carbonyl (C=O) groups is 4. The van der Waals surface area contributed by atoms with Gasteiger partial charge in [0.2, 0.25) is 17.7 Å². The molecule has 11 heteroatoms. The molecule has 50 heavy (non-hydrogen) atoms. The summed E-state index contributed by atoms with van der Waals surface area (Å²) in [4.78, 5) is 56.6. The maximum atomic E-state index is 14.5. The van der Waals surface area contributed by atoms with Gasteiger partial charge in [-0.25, -0.2) is 0 Å². The van der Waals surface area contributed by atoms with Crippen LogP contribution in [0.25, 0.3) is 21.5 Å². The van der Waals surface area contributed by atoms with Crippen molar-refractivity contribution in [2.24, 2.45) is 10.8 Å². The number of esters is 1. The van der Waals surface area contributed by atoms with Gasteiger partial charge in [-0.1, -0.05) is 24.3 Å². The molecule has 0 saturated heterocycles. The fraction of sp³-hybridized carbons (Fsp3) is 0.385. The van der Waals surface area contributed by atoms with Crippen molar-refractivity contribution in [1.82, 2.24) is 0 Å². The third-order valence-electron chi connectivity index (χ3n) is 11.0. The molecular weight excluding hydrogens is 677 g/mol. The van der Waals surface area contributed by atoms with Crippen LogP contribution in [-0.4, -0.2) is 55.1 Å². The molecule has 4 aromatic rings. The molecule has 3 amide bonds. The summed E-state index contributed by atoms with van der Waals surface area (Å²) >= 11 is 13.0. The minimum atomic E-state index is -0.656. The Morgan fingerprint density at radius 2 is 1.30 bits per heavy atom. The molecule has 2 aliphatic heterocycles. The highest BCUT2D eigenvalue weighted by molar-refractivity contribution is 6.20. The summed E-state index contributed by atoms with van der Waals surface area (Å²) < 4.78 is 11.7. The van der Waals surface area contributed by atoms with Crippen LogP contribution in [0.5, 0.6) is 11.5 Å². The minimum absolute atomic E-state index is 0.0138. The van der Waals surface area contributed by atoms with E-state index >= 15 is 0 Å². The lowest BCUT2D eigenvalue weighted by molar-refractivity contribution is -0.205. The topological polar surface area (TPSA) is 105 Å². The van der Waals surface area contributed by atoms with E-state index in [0.717, 1.165) is 38.7 Å². The normalized spacial score (nSPS) is 24.3. The maximum Gasteiger partial charge on any atom is 0.308 e. The Balaban J connectivity index is 1.10. The minimum Gasteiger partial charge on any atom is -0.493 e. The molecule has 2 heterocycles. The number of rotatable bonds is 8. The number of benzene rings is 4. The van der Waals surface area contributed by atoms with Gasteiger partial charge in [-0.2, -0.15) is 0 Å². The molecule has 3 saturated carbocycles. The Labute approximate surface area is 299 Å². The molecule has 3 fully saturated rings. The highest BCUT2D eigenvalue weighted by Crippen LogP contribution is 2.75. The molecule has 9 nitrogen and oxygen atoms in total. The lowest BCUT2D eigenvalue weighted by Crippen LogP contribution is -2.73. The summed E-state index contributed by atoms with van der Waals surface area (Å²) in [5, 5.41) is 6.32. The highest BCUT2D eigenvalue weighted by atomic mass is 35.5. The van der Waals surface area contributed by atoms with Gasteiger partial charge in [0.05, 0.1) is 28.8 Å². The number of hydrogen-bond donors (Lipinski definition) is 1. The van der Waals surface area contributed by atoms with Gasteiger partial charge in [-0.15, -0.1) is 23.2 Å². The SMILES string of the molecule is CCOc1cc2c(c3ccccc13)C(CCl)CN2C(=O)C12CC(C(=O)N3CC(CCl)c4c3cc(OC(C)=O)c3ccc(NC(C)=O)cc43)(C1)C2. The third kappa shape index (κ3) is 4.80. The summed E-state index contributed by atoms with van der Waals surface area (Å²) in [7, 11) is 0. The molecule has 2 unspecified atom stereocenters. The van der Waals surface area contributed by atoms with Crippen LogP contribution in [0.2, 0.25) is 0 Å². The fourth-order valence-electron chi connectivity index (χ4n) is 9.12. The van der Waals surface area contributed by atoms with Crippen LogP contribution < -0.4 is 24.6 Å². The molecule has 0 spiro atoms. The van der Waals surface area contributed by atoms with E-state index in [-0.39, 0.29) is 35.4 Å². The number of amides is 3. The van der Waals surface area contributed by atoms with Crippen molar-refractivity contribution >= 4 is 85.5 Å². The van der Waals surface area contributed by atoms with Crippen LogP contribution in [0.4, 0.5) is 17.1 Å². The van der Waals surface area contributed by atoms with E-state index in [1.54, 1.807) is 23.1 Å². The van der Waals surface area contributed by atoms with E-state index in [9.17, 15) is 19.2 Å². The molecule has 2 bridgehead atoms. The number of nitrogens with one attached hydrogen (secondary N) is 1. The summed E-state index contributed by atoms with van der Waals surface area (Å²) in [5.74, 6) is 0.831. The van der Waals surface area contributed by atoms with Crippen molar-refractivity contribution in [3.63, 3.8) is 0 Å². The summed E-state index contributed by atoms with van der Waals surface area (Å²) in [5.41, 5.74) is 2.76. The number of anilines is 3. The van der Waals surface area contributed by atoms with E-state index in [1.807, 2.05) is 42.2 Å². The Hall–Kier alpha value is -4.34. The number of fused-ring (bicyclic) bond motifs is 6. The van der Waals surface area contributed by atoms with Gasteiger partial charge < -0.3 is 24.6 Å². The van der Waals surface area contributed by atoms with Crippen molar-refractivity contribution in [2.75, 3.05) is 46.6 Å². The van der Waals surface area contributed by atoms with Crippen molar-refractivity contribution in [1.29, 1.82) is 0 Å². The molecule has 1 N–H and O–H groups in total. The first-order chi connectivity index (χ1) is 24.0. The van der Waals surface area contributed by atoms with Crippen molar-refractivity contribution in [2.45, 2.75) is 51.9 Å². The molecular formula is C39H37Cl2N3O6. The van der Waals surface area contributed by atoms with Gasteiger partial charge in [0, 0.05) is 79.1 Å². The molecule has 0 radical (unpaired) electrons. The average Bonchev–Trinajstić information content (AvgIpc) is 3.61. The first-order valence-electron chi connectivity index (χ1n) is 17.0. The largest absolute Gasteiger partial charge is 0.493 e. The Kier molecular flexibility index (Phi) is 7.80. The van der Waals surface area contributed by atoms with Crippen LogP contribution >= 0.6 is 23.2 Å². The van der Waals surface area contributed by atoms with Crippen LogP contribution in [0.3, 0.4) is 0 Å². The summed E-state index contributed by atoms with van der Waals surface area (Å²) in [6.07, 6.45) is 1.40. The first kappa shape index (κ1) is 32.8. The molecule has 9 rings (SSSR count). The second-order valence-corrected chi connectivity index (χ2v) is 14.9. The Bertz CT molecular complexity index is 2130. The second kappa shape index (κ2) is 11.9. The first-order valence-corrected chi connectivity index (χ1v) is 18.1. The number of nitrogens with zero attached hydrogens (tertiary/aromatic N) is 2. The van der Waals surface area contributed by atoms with Crippen LogP contribution in [0.15, 0.2) is 54.6 Å². The molecule has 2 atom stereocenters. The van der Waals surface area contributed by atoms with E-state index in [2.05, 4.69) is 11.4 Å². The van der Waals surface area contributed by atoms with Crippen molar-refractivity contribution < 1.29 is 28.7 Å². The van der Waals surface area contributed by atoms with Crippen LogP contribution in [0.1, 0.15) is 63.0 Å². The molecule has 0 aromatic heterocycles. The quantitative estimate of drug-likeness (QED) is 0.115.